The molecule has 106 valence electrons. The maximum Gasteiger partial charge on any atom is 0.324 e. The molecule has 0 radical (unpaired) electrons. The molecule has 3 rings (SSSR count). The predicted octanol–water partition coefficient (Wildman–Crippen LogP) is 3.13. The van der Waals surface area contributed by atoms with Crippen LogP contribution in [0.15, 0.2) is 24.3 Å². The Kier molecular flexibility index (Phi) is 3.48. The number of fused-ring (bicyclic) bond motifs is 1. The van der Waals surface area contributed by atoms with Crippen LogP contribution >= 0.6 is 11.3 Å². The molecule has 1 aliphatic heterocycles. The highest BCUT2D eigenvalue weighted by Crippen LogP contribution is 2.35. The van der Waals surface area contributed by atoms with Crippen LogP contribution in [0.4, 0.5) is 0 Å². The summed E-state index contributed by atoms with van der Waals surface area (Å²) in [7, 11) is 0. The molecule has 4 nitrogen and oxygen atoms in total. The molecular formula is C15H18N2O2S. The van der Waals surface area contributed by atoms with Crippen LogP contribution in [0.5, 0.6) is 0 Å². The van der Waals surface area contributed by atoms with E-state index in [9.17, 15) is 9.90 Å². The molecule has 1 aromatic carbocycles. The number of para-hydroxylation sites is 1. The van der Waals surface area contributed by atoms with Crippen molar-refractivity contribution in [3.8, 4) is 0 Å². The Morgan fingerprint density at radius 2 is 2.30 bits per heavy atom. The molecule has 2 aromatic rings. The number of carbonyl (C=O) groups is 1. The summed E-state index contributed by atoms with van der Waals surface area (Å²) >= 11 is 1.66. The molecule has 0 aliphatic carbocycles. The topological polar surface area (TPSA) is 53.4 Å². The molecule has 1 aromatic heterocycles. The number of rotatable bonds is 4. The summed E-state index contributed by atoms with van der Waals surface area (Å²) < 4.78 is 1.17. The SMILES string of the molecule is CCC1(C(=O)O)CCCN1Cc1nc2ccccc2s1. The zero-order chi connectivity index (χ0) is 14.2. The van der Waals surface area contributed by atoms with Gasteiger partial charge >= 0.3 is 5.97 Å². The van der Waals surface area contributed by atoms with Crippen LogP contribution in [-0.2, 0) is 11.3 Å². The first-order valence-corrected chi connectivity index (χ1v) is 7.80. The number of aliphatic carboxylic acids is 1. The lowest BCUT2D eigenvalue weighted by Gasteiger charge is -2.33. The van der Waals surface area contributed by atoms with Gasteiger partial charge in [-0.3, -0.25) is 9.69 Å². The quantitative estimate of drug-likeness (QED) is 0.940. The summed E-state index contributed by atoms with van der Waals surface area (Å²) in [6, 6.07) is 8.05. The van der Waals surface area contributed by atoms with Crippen molar-refractivity contribution in [2.24, 2.45) is 0 Å². The van der Waals surface area contributed by atoms with Gasteiger partial charge in [-0.05, 0) is 37.9 Å². The summed E-state index contributed by atoms with van der Waals surface area (Å²) in [6.45, 7) is 3.44. The molecule has 20 heavy (non-hydrogen) atoms. The third-order valence-electron chi connectivity index (χ3n) is 4.27. The first kappa shape index (κ1) is 13.5. The molecule has 0 amide bonds. The maximum atomic E-state index is 11.7. The summed E-state index contributed by atoms with van der Waals surface area (Å²) in [6.07, 6.45) is 2.34. The zero-order valence-electron chi connectivity index (χ0n) is 11.5. The van der Waals surface area contributed by atoms with Gasteiger partial charge in [0, 0.05) is 0 Å². The van der Waals surface area contributed by atoms with Crippen LogP contribution in [0.3, 0.4) is 0 Å². The van der Waals surface area contributed by atoms with E-state index in [1.165, 1.54) is 4.70 Å². The van der Waals surface area contributed by atoms with E-state index >= 15 is 0 Å². The van der Waals surface area contributed by atoms with Gasteiger partial charge in [-0.2, -0.15) is 0 Å². The van der Waals surface area contributed by atoms with Crippen LogP contribution in [0, 0.1) is 0 Å². The second-order valence-corrected chi connectivity index (χ2v) is 6.41. The number of thiazole rings is 1. The molecule has 2 heterocycles. The maximum absolute atomic E-state index is 11.7. The second kappa shape index (κ2) is 5.14. The Labute approximate surface area is 122 Å². The van der Waals surface area contributed by atoms with Crippen molar-refractivity contribution in [1.29, 1.82) is 0 Å². The van der Waals surface area contributed by atoms with Crippen molar-refractivity contribution in [3.63, 3.8) is 0 Å². The molecule has 1 aliphatic rings. The van der Waals surface area contributed by atoms with Gasteiger partial charge in [0.1, 0.15) is 10.5 Å². The number of nitrogens with zero attached hydrogens (tertiary/aromatic N) is 2. The fourth-order valence-electron chi connectivity index (χ4n) is 3.11. The van der Waals surface area contributed by atoms with Crippen LogP contribution in [-0.4, -0.2) is 33.0 Å². The predicted molar refractivity (Wildman–Crippen MR) is 79.9 cm³/mol. The zero-order valence-corrected chi connectivity index (χ0v) is 12.3. The normalized spacial score (nSPS) is 23.4. The number of benzene rings is 1. The van der Waals surface area contributed by atoms with Gasteiger partial charge < -0.3 is 5.11 Å². The summed E-state index contributed by atoms with van der Waals surface area (Å²) in [5, 5.41) is 10.6. The highest BCUT2D eigenvalue weighted by Gasteiger charge is 2.46. The van der Waals surface area contributed by atoms with Gasteiger partial charge in [0.25, 0.3) is 0 Å². The largest absolute Gasteiger partial charge is 0.480 e. The number of hydrogen-bond donors (Lipinski definition) is 1. The van der Waals surface area contributed by atoms with Crippen molar-refractivity contribution in [2.45, 2.75) is 38.3 Å². The summed E-state index contributed by atoms with van der Waals surface area (Å²) in [5.41, 5.74) is 0.307. The van der Waals surface area contributed by atoms with Gasteiger partial charge in [0.15, 0.2) is 0 Å². The van der Waals surface area contributed by atoms with Crippen LogP contribution in [0.2, 0.25) is 0 Å². The molecule has 5 heteroatoms. The highest BCUT2D eigenvalue weighted by atomic mass is 32.1. The number of likely N-dealkylation sites (tertiary alicyclic amines) is 1. The molecule has 1 unspecified atom stereocenters. The third-order valence-corrected chi connectivity index (χ3v) is 5.29. The van der Waals surface area contributed by atoms with Gasteiger partial charge in [-0.15, -0.1) is 11.3 Å². The minimum absolute atomic E-state index is 0.638. The van der Waals surface area contributed by atoms with Crippen molar-refractivity contribution < 1.29 is 9.90 Å². The van der Waals surface area contributed by atoms with E-state index in [-0.39, 0.29) is 0 Å². The monoisotopic (exact) mass is 290 g/mol. The van der Waals surface area contributed by atoms with Gasteiger partial charge in [0.2, 0.25) is 0 Å². The molecular weight excluding hydrogens is 272 g/mol. The minimum Gasteiger partial charge on any atom is -0.480 e. The van der Waals surface area contributed by atoms with Crippen molar-refractivity contribution in [2.75, 3.05) is 6.54 Å². The van der Waals surface area contributed by atoms with Gasteiger partial charge in [-0.25, -0.2) is 4.98 Å². The summed E-state index contributed by atoms with van der Waals surface area (Å²) in [4.78, 5) is 18.4. The Balaban J connectivity index is 1.88. The number of aromatic nitrogens is 1. The Morgan fingerprint density at radius 1 is 1.50 bits per heavy atom. The van der Waals surface area contributed by atoms with E-state index in [0.717, 1.165) is 29.9 Å². The van der Waals surface area contributed by atoms with Crippen molar-refractivity contribution in [3.05, 3.63) is 29.3 Å². The fraction of sp³-hybridized carbons (Fsp3) is 0.467. The van der Waals surface area contributed by atoms with Crippen molar-refractivity contribution in [1.82, 2.24) is 9.88 Å². The molecule has 1 N–H and O–H groups in total. The number of carboxylic acid groups (broad SMARTS) is 1. The standard InChI is InChI=1S/C15H18N2O2S/c1-2-15(14(18)19)8-5-9-17(15)10-13-16-11-6-3-4-7-12(11)20-13/h3-4,6-7H,2,5,8-10H2,1H3,(H,18,19). The first-order chi connectivity index (χ1) is 9.65. The Hall–Kier alpha value is -1.46. The Bertz CT molecular complexity index is 607. The molecule has 0 spiro atoms. The lowest BCUT2D eigenvalue weighted by molar-refractivity contribution is -0.150. The van der Waals surface area contributed by atoms with E-state index in [2.05, 4.69) is 16.0 Å². The van der Waals surface area contributed by atoms with Gasteiger partial charge in [-0.1, -0.05) is 19.1 Å². The lowest BCUT2D eigenvalue weighted by Crippen LogP contribution is -2.49. The van der Waals surface area contributed by atoms with E-state index in [1.54, 1.807) is 11.3 Å². The van der Waals surface area contributed by atoms with E-state index in [1.807, 2.05) is 25.1 Å². The number of hydrogen-bond acceptors (Lipinski definition) is 4. The van der Waals surface area contributed by atoms with E-state index in [4.69, 9.17) is 0 Å². The van der Waals surface area contributed by atoms with Crippen LogP contribution < -0.4 is 0 Å². The van der Waals surface area contributed by atoms with Crippen molar-refractivity contribution >= 4 is 27.5 Å². The van der Waals surface area contributed by atoms with Crippen LogP contribution in [0.1, 0.15) is 31.2 Å². The highest BCUT2D eigenvalue weighted by molar-refractivity contribution is 7.18. The Morgan fingerprint density at radius 3 is 3.00 bits per heavy atom. The fourth-order valence-corrected chi connectivity index (χ4v) is 4.09. The average Bonchev–Trinajstić information content (AvgIpc) is 3.02. The molecule has 1 atom stereocenters. The summed E-state index contributed by atoms with van der Waals surface area (Å²) in [5.74, 6) is -0.696. The molecule has 0 saturated carbocycles. The molecule has 1 saturated heterocycles. The lowest BCUT2D eigenvalue weighted by atomic mass is 9.93. The van der Waals surface area contributed by atoms with Gasteiger partial charge in [0.05, 0.1) is 16.8 Å². The third kappa shape index (κ3) is 2.11. The first-order valence-electron chi connectivity index (χ1n) is 6.98. The minimum atomic E-state index is -0.697. The molecule has 1 fully saturated rings. The second-order valence-electron chi connectivity index (χ2n) is 5.29. The average molecular weight is 290 g/mol. The van der Waals surface area contributed by atoms with Crippen LogP contribution in [0.25, 0.3) is 10.2 Å². The smallest absolute Gasteiger partial charge is 0.324 e. The van der Waals surface area contributed by atoms with E-state index in [0.29, 0.717) is 13.0 Å². The van der Waals surface area contributed by atoms with E-state index < -0.39 is 11.5 Å². The molecule has 0 bridgehead atoms. The number of carboxylic acids is 1.